The van der Waals surface area contributed by atoms with Crippen molar-refractivity contribution in [3.63, 3.8) is 0 Å². The average molecular weight is 214 g/mol. The minimum Gasteiger partial charge on any atom is -0.396 e. The lowest BCUT2D eigenvalue weighted by molar-refractivity contribution is -0.121. The summed E-state index contributed by atoms with van der Waals surface area (Å²) >= 11 is 0. The van der Waals surface area contributed by atoms with Crippen LogP contribution in [0.3, 0.4) is 0 Å². The quantitative estimate of drug-likeness (QED) is 0.671. The van der Waals surface area contributed by atoms with E-state index < -0.39 is 0 Å². The van der Waals surface area contributed by atoms with Crippen molar-refractivity contribution in [2.75, 3.05) is 26.7 Å². The third-order valence-electron chi connectivity index (χ3n) is 3.10. The number of rotatable bonds is 6. The van der Waals surface area contributed by atoms with Gasteiger partial charge >= 0.3 is 0 Å². The summed E-state index contributed by atoms with van der Waals surface area (Å²) in [5, 5.41) is 11.4. The van der Waals surface area contributed by atoms with Crippen LogP contribution in [0.2, 0.25) is 0 Å². The molecule has 0 bridgehead atoms. The first-order valence-electron chi connectivity index (χ1n) is 5.83. The number of aliphatic hydroxyl groups excluding tert-OH is 1. The van der Waals surface area contributed by atoms with Crippen molar-refractivity contribution in [3.05, 3.63) is 0 Å². The number of aliphatic hydroxyl groups is 1. The lowest BCUT2D eigenvalue weighted by Gasteiger charge is -2.23. The second-order valence-electron chi connectivity index (χ2n) is 4.12. The first-order chi connectivity index (χ1) is 7.27. The minimum absolute atomic E-state index is 0.114. The molecule has 1 aliphatic rings. The smallest absolute Gasteiger partial charge is 0.221 e. The van der Waals surface area contributed by atoms with Crippen molar-refractivity contribution in [1.29, 1.82) is 0 Å². The molecule has 1 unspecified atom stereocenters. The molecule has 1 rings (SSSR count). The zero-order chi connectivity index (χ0) is 11.1. The molecule has 2 N–H and O–H groups in total. The van der Waals surface area contributed by atoms with Crippen molar-refractivity contribution in [2.24, 2.45) is 0 Å². The van der Waals surface area contributed by atoms with E-state index in [1.165, 1.54) is 12.8 Å². The Morgan fingerprint density at radius 2 is 2.40 bits per heavy atom. The molecule has 4 heteroatoms. The highest BCUT2D eigenvalue weighted by atomic mass is 16.2. The second kappa shape index (κ2) is 6.80. The zero-order valence-electron chi connectivity index (χ0n) is 9.54. The van der Waals surface area contributed by atoms with E-state index in [4.69, 9.17) is 5.11 Å². The van der Waals surface area contributed by atoms with E-state index in [1.807, 2.05) is 0 Å². The van der Waals surface area contributed by atoms with Crippen LogP contribution in [-0.4, -0.2) is 48.7 Å². The molecule has 0 aromatic rings. The number of nitrogens with one attached hydrogen (secondary N) is 1. The third kappa shape index (κ3) is 4.18. The van der Waals surface area contributed by atoms with Crippen LogP contribution in [0.1, 0.15) is 32.1 Å². The highest BCUT2D eigenvalue weighted by molar-refractivity contribution is 5.75. The Bertz CT molecular complexity index is 197. The van der Waals surface area contributed by atoms with Crippen molar-refractivity contribution in [2.45, 2.75) is 38.1 Å². The van der Waals surface area contributed by atoms with Gasteiger partial charge < -0.3 is 10.4 Å². The summed E-state index contributed by atoms with van der Waals surface area (Å²) in [5.41, 5.74) is 0. The molecule has 0 aromatic carbocycles. The lowest BCUT2D eigenvalue weighted by atomic mass is 10.1. The molecule has 1 amide bonds. The lowest BCUT2D eigenvalue weighted by Crippen LogP contribution is -2.33. The predicted molar refractivity (Wildman–Crippen MR) is 59.6 cm³/mol. The Morgan fingerprint density at radius 1 is 1.60 bits per heavy atom. The van der Waals surface area contributed by atoms with Gasteiger partial charge in [-0.25, -0.2) is 0 Å². The van der Waals surface area contributed by atoms with Gasteiger partial charge in [0.2, 0.25) is 5.91 Å². The van der Waals surface area contributed by atoms with Crippen LogP contribution in [0.4, 0.5) is 0 Å². The normalized spacial score (nSPS) is 21.9. The van der Waals surface area contributed by atoms with Crippen LogP contribution in [0.5, 0.6) is 0 Å². The molecule has 15 heavy (non-hydrogen) atoms. The van der Waals surface area contributed by atoms with Gasteiger partial charge in [0.1, 0.15) is 0 Å². The summed E-state index contributed by atoms with van der Waals surface area (Å²) in [6.45, 7) is 2.24. The number of hydrogen-bond acceptors (Lipinski definition) is 3. The first-order valence-corrected chi connectivity index (χ1v) is 5.83. The van der Waals surface area contributed by atoms with Crippen LogP contribution in [-0.2, 0) is 4.79 Å². The van der Waals surface area contributed by atoms with Crippen molar-refractivity contribution in [1.82, 2.24) is 10.2 Å². The molecule has 1 fully saturated rings. The van der Waals surface area contributed by atoms with Gasteiger partial charge in [-0.1, -0.05) is 0 Å². The van der Waals surface area contributed by atoms with Gasteiger partial charge in [0.25, 0.3) is 0 Å². The highest BCUT2D eigenvalue weighted by Crippen LogP contribution is 2.21. The molecule has 1 atom stereocenters. The minimum atomic E-state index is 0.114. The standard InChI is InChI=1S/C11H22N2O2/c1-12-11(15)6-8-13-7-2-4-10(13)5-3-9-14/h10,14H,2-9H2,1H3,(H,12,15). The Morgan fingerprint density at radius 3 is 3.07 bits per heavy atom. The summed E-state index contributed by atoms with van der Waals surface area (Å²) in [5.74, 6) is 0.114. The van der Waals surface area contributed by atoms with Crippen LogP contribution in [0, 0.1) is 0 Å². The van der Waals surface area contributed by atoms with Crippen LogP contribution in [0.15, 0.2) is 0 Å². The maximum atomic E-state index is 11.1. The van der Waals surface area contributed by atoms with Crippen LogP contribution < -0.4 is 5.32 Å². The molecular weight excluding hydrogens is 192 g/mol. The fraction of sp³-hybridized carbons (Fsp3) is 0.909. The molecule has 0 aliphatic carbocycles. The topological polar surface area (TPSA) is 52.6 Å². The first kappa shape index (κ1) is 12.5. The van der Waals surface area contributed by atoms with Crippen LogP contribution in [0.25, 0.3) is 0 Å². The second-order valence-corrected chi connectivity index (χ2v) is 4.12. The highest BCUT2D eigenvalue weighted by Gasteiger charge is 2.23. The fourth-order valence-corrected chi connectivity index (χ4v) is 2.21. The fourth-order valence-electron chi connectivity index (χ4n) is 2.21. The summed E-state index contributed by atoms with van der Waals surface area (Å²) in [6, 6.07) is 0.585. The van der Waals surface area contributed by atoms with Crippen molar-refractivity contribution >= 4 is 5.91 Å². The molecule has 0 radical (unpaired) electrons. The van der Waals surface area contributed by atoms with Gasteiger partial charge in [0.15, 0.2) is 0 Å². The molecule has 88 valence electrons. The van der Waals surface area contributed by atoms with Gasteiger partial charge in [0.05, 0.1) is 0 Å². The van der Waals surface area contributed by atoms with E-state index >= 15 is 0 Å². The molecule has 1 saturated heterocycles. The van der Waals surface area contributed by atoms with Gasteiger partial charge in [-0.2, -0.15) is 0 Å². The number of carbonyl (C=O) groups is 1. The van der Waals surface area contributed by atoms with E-state index in [2.05, 4.69) is 10.2 Å². The van der Waals surface area contributed by atoms with Gasteiger partial charge in [-0.15, -0.1) is 0 Å². The Kier molecular flexibility index (Phi) is 5.65. The SMILES string of the molecule is CNC(=O)CCN1CCCC1CCCO. The van der Waals surface area contributed by atoms with E-state index in [-0.39, 0.29) is 12.5 Å². The van der Waals surface area contributed by atoms with Gasteiger partial charge in [-0.3, -0.25) is 9.69 Å². The van der Waals surface area contributed by atoms with E-state index in [0.717, 1.165) is 25.9 Å². The molecule has 0 aromatic heterocycles. The Balaban J connectivity index is 2.23. The Labute approximate surface area is 91.6 Å². The molecule has 1 aliphatic heterocycles. The number of amides is 1. The largest absolute Gasteiger partial charge is 0.396 e. The van der Waals surface area contributed by atoms with Gasteiger partial charge in [-0.05, 0) is 32.2 Å². The van der Waals surface area contributed by atoms with Gasteiger partial charge in [0, 0.05) is 32.7 Å². The van der Waals surface area contributed by atoms with E-state index in [1.54, 1.807) is 7.05 Å². The number of hydrogen-bond donors (Lipinski definition) is 2. The maximum Gasteiger partial charge on any atom is 0.221 e. The van der Waals surface area contributed by atoms with E-state index in [9.17, 15) is 4.79 Å². The maximum absolute atomic E-state index is 11.1. The summed E-state index contributed by atoms with van der Waals surface area (Å²) in [4.78, 5) is 13.5. The summed E-state index contributed by atoms with van der Waals surface area (Å²) < 4.78 is 0. The Hall–Kier alpha value is -0.610. The molecule has 4 nitrogen and oxygen atoms in total. The average Bonchev–Trinajstić information content (AvgIpc) is 2.70. The molecule has 0 saturated carbocycles. The van der Waals surface area contributed by atoms with Crippen LogP contribution >= 0.6 is 0 Å². The van der Waals surface area contributed by atoms with E-state index in [0.29, 0.717) is 12.5 Å². The number of carbonyl (C=O) groups excluding carboxylic acids is 1. The summed E-state index contributed by atoms with van der Waals surface area (Å²) in [6.07, 6.45) is 4.97. The third-order valence-corrected chi connectivity index (χ3v) is 3.10. The molecular formula is C11H22N2O2. The number of nitrogens with zero attached hydrogens (tertiary/aromatic N) is 1. The number of likely N-dealkylation sites (tertiary alicyclic amines) is 1. The zero-order valence-corrected chi connectivity index (χ0v) is 9.54. The molecule has 0 spiro atoms. The molecule has 1 heterocycles. The van der Waals surface area contributed by atoms with Crippen molar-refractivity contribution in [3.8, 4) is 0 Å². The monoisotopic (exact) mass is 214 g/mol. The van der Waals surface area contributed by atoms with Crippen molar-refractivity contribution < 1.29 is 9.90 Å². The summed E-state index contributed by atoms with van der Waals surface area (Å²) in [7, 11) is 1.68. The predicted octanol–water partition coefficient (Wildman–Crippen LogP) is 0.359.